The predicted octanol–water partition coefficient (Wildman–Crippen LogP) is 6.61. The van der Waals surface area contributed by atoms with Crippen molar-refractivity contribution in [3.8, 4) is 22.9 Å². The van der Waals surface area contributed by atoms with E-state index in [-0.39, 0.29) is 0 Å². The molecule has 0 saturated heterocycles. The number of ether oxygens (including phenoxy) is 3. The minimum atomic E-state index is 0.445. The van der Waals surface area contributed by atoms with Crippen molar-refractivity contribution in [2.45, 2.75) is 13.1 Å². The van der Waals surface area contributed by atoms with Crippen LogP contribution in [0.15, 0.2) is 116 Å². The van der Waals surface area contributed by atoms with Gasteiger partial charge in [-0.05, 0) is 65.7 Å². The van der Waals surface area contributed by atoms with E-state index in [0.29, 0.717) is 19.8 Å². The Labute approximate surface area is 242 Å². The number of anilines is 2. The maximum Gasteiger partial charge on any atom is 0.122 e. The zero-order chi connectivity index (χ0) is 28.4. The molecule has 5 aromatic rings. The first kappa shape index (κ1) is 27.6. The smallest absolute Gasteiger partial charge is 0.122 e. The largest absolute Gasteiger partial charge is 0.497 e. The second kappa shape index (κ2) is 13.4. The van der Waals surface area contributed by atoms with Crippen LogP contribution in [0, 0.1) is 0 Å². The minimum absolute atomic E-state index is 0.445. The molecule has 5 rings (SSSR count). The highest BCUT2D eigenvalue weighted by Gasteiger charge is 2.12. The van der Waals surface area contributed by atoms with Crippen LogP contribution in [0.25, 0.3) is 5.69 Å². The van der Waals surface area contributed by atoms with E-state index < -0.39 is 0 Å². The molecule has 0 atom stereocenters. The average Bonchev–Trinajstić information content (AvgIpc) is 3.55. The third-order valence-corrected chi connectivity index (χ3v) is 6.72. The lowest BCUT2D eigenvalue weighted by molar-refractivity contribution is 0.217. The van der Waals surface area contributed by atoms with Gasteiger partial charge in [0.15, 0.2) is 0 Å². The second-order valence-corrected chi connectivity index (χ2v) is 9.91. The third kappa shape index (κ3) is 7.60. The van der Waals surface area contributed by atoms with Gasteiger partial charge in [0, 0.05) is 63.1 Å². The van der Waals surface area contributed by atoms with E-state index in [0.717, 1.165) is 46.4 Å². The molecule has 0 saturated carbocycles. The summed E-state index contributed by atoms with van der Waals surface area (Å²) in [7, 11) is 5.73. The van der Waals surface area contributed by atoms with Crippen LogP contribution >= 0.6 is 0 Å². The number of hydrogen-bond acceptors (Lipinski definition) is 6. The number of benzene rings is 4. The Morgan fingerprint density at radius 2 is 1.29 bits per heavy atom. The molecule has 0 bridgehead atoms. The maximum atomic E-state index is 6.10. The van der Waals surface area contributed by atoms with Gasteiger partial charge in [-0.25, -0.2) is 4.68 Å². The molecule has 7 heteroatoms. The van der Waals surface area contributed by atoms with E-state index in [9.17, 15) is 0 Å². The monoisotopic (exact) mass is 548 g/mol. The van der Waals surface area contributed by atoms with Gasteiger partial charge >= 0.3 is 0 Å². The highest BCUT2D eigenvalue weighted by Crippen LogP contribution is 2.26. The molecular weight excluding hydrogens is 512 g/mol. The minimum Gasteiger partial charge on any atom is -0.497 e. The van der Waals surface area contributed by atoms with Gasteiger partial charge in [0.1, 0.15) is 30.5 Å². The van der Waals surface area contributed by atoms with Gasteiger partial charge in [-0.1, -0.05) is 36.4 Å². The molecule has 1 heterocycles. The molecule has 0 N–H and O–H groups in total. The summed E-state index contributed by atoms with van der Waals surface area (Å²) in [6.07, 6.45) is 3.73. The molecule has 7 nitrogen and oxygen atoms in total. The van der Waals surface area contributed by atoms with Crippen LogP contribution in [-0.2, 0) is 13.1 Å². The normalized spacial score (nSPS) is 10.7. The van der Waals surface area contributed by atoms with Crippen LogP contribution in [0.5, 0.6) is 17.2 Å². The summed E-state index contributed by atoms with van der Waals surface area (Å²) in [6, 6.07) is 34.9. The van der Waals surface area contributed by atoms with Crippen molar-refractivity contribution in [1.82, 2.24) is 9.78 Å². The van der Waals surface area contributed by atoms with Gasteiger partial charge < -0.3 is 24.0 Å². The molecule has 0 aliphatic rings. The highest BCUT2D eigenvalue weighted by molar-refractivity contribution is 5.52. The van der Waals surface area contributed by atoms with E-state index in [1.165, 1.54) is 5.56 Å². The lowest BCUT2D eigenvalue weighted by Crippen LogP contribution is -2.22. The van der Waals surface area contributed by atoms with Crippen LogP contribution in [0.2, 0.25) is 0 Å². The number of aromatic nitrogens is 2. The Bertz CT molecular complexity index is 1520. The first-order valence-corrected chi connectivity index (χ1v) is 13.7. The van der Waals surface area contributed by atoms with Gasteiger partial charge in [-0.3, -0.25) is 0 Å². The van der Waals surface area contributed by atoms with E-state index >= 15 is 0 Å². The zero-order valence-corrected chi connectivity index (χ0v) is 23.8. The van der Waals surface area contributed by atoms with Crippen molar-refractivity contribution >= 4 is 11.4 Å². The van der Waals surface area contributed by atoms with E-state index in [1.54, 1.807) is 13.3 Å². The summed E-state index contributed by atoms with van der Waals surface area (Å²) in [4.78, 5) is 4.40. The van der Waals surface area contributed by atoms with Crippen molar-refractivity contribution in [1.29, 1.82) is 0 Å². The van der Waals surface area contributed by atoms with Crippen molar-refractivity contribution in [3.63, 3.8) is 0 Å². The molecule has 0 fully saturated rings. The van der Waals surface area contributed by atoms with Crippen LogP contribution in [0.4, 0.5) is 11.4 Å². The van der Waals surface area contributed by atoms with Crippen molar-refractivity contribution in [2.24, 2.45) is 0 Å². The van der Waals surface area contributed by atoms with Crippen molar-refractivity contribution < 1.29 is 14.2 Å². The molecule has 0 aliphatic heterocycles. The maximum absolute atomic E-state index is 6.10. The lowest BCUT2D eigenvalue weighted by atomic mass is 10.1. The summed E-state index contributed by atoms with van der Waals surface area (Å²) in [5.74, 6) is 2.48. The first-order valence-electron chi connectivity index (χ1n) is 13.7. The summed E-state index contributed by atoms with van der Waals surface area (Å²) >= 11 is 0. The Hall–Kier alpha value is -4.91. The Balaban J connectivity index is 1.28. The molecular formula is C34H36N4O3. The van der Waals surface area contributed by atoms with E-state index in [4.69, 9.17) is 14.2 Å². The predicted molar refractivity (Wildman–Crippen MR) is 165 cm³/mol. The topological polar surface area (TPSA) is 52.0 Å². The Morgan fingerprint density at radius 3 is 1.95 bits per heavy atom. The van der Waals surface area contributed by atoms with Gasteiger partial charge in [0.2, 0.25) is 0 Å². The van der Waals surface area contributed by atoms with Gasteiger partial charge in [-0.15, -0.1) is 0 Å². The number of hydrogen-bond donors (Lipinski definition) is 0. The van der Waals surface area contributed by atoms with Crippen molar-refractivity contribution in [3.05, 3.63) is 127 Å². The standard InChI is InChI=1S/C34H36N4O3/c1-36(2)30-9-5-12-33(23-30)40-20-21-41-34-13-6-10-31(24-34)37(26-28-8-4-11-32(22-28)39-3)25-27-14-16-29(17-15-27)38-19-7-18-35-38/h4-19,22-24H,20-21,25-26H2,1-3H3. The molecule has 0 radical (unpaired) electrons. The Kier molecular flexibility index (Phi) is 9.06. The van der Waals surface area contributed by atoms with Gasteiger partial charge in [0.05, 0.1) is 12.8 Å². The summed E-state index contributed by atoms with van der Waals surface area (Å²) < 4.78 is 19.4. The number of rotatable bonds is 13. The fourth-order valence-electron chi connectivity index (χ4n) is 4.57. The molecule has 1 aromatic heterocycles. The van der Waals surface area contributed by atoms with Crippen LogP contribution in [-0.4, -0.2) is 44.2 Å². The molecule has 4 aromatic carbocycles. The molecule has 41 heavy (non-hydrogen) atoms. The summed E-state index contributed by atoms with van der Waals surface area (Å²) in [5, 5.41) is 4.33. The lowest BCUT2D eigenvalue weighted by Gasteiger charge is -2.26. The molecule has 0 unspecified atom stereocenters. The van der Waals surface area contributed by atoms with E-state index in [2.05, 4.69) is 69.5 Å². The average molecular weight is 549 g/mol. The van der Waals surface area contributed by atoms with Crippen LogP contribution < -0.4 is 24.0 Å². The number of methoxy groups -OCH3 is 1. The molecule has 0 aliphatic carbocycles. The second-order valence-electron chi connectivity index (χ2n) is 9.91. The summed E-state index contributed by atoms with van der Waals surface area (Å²) in [5.41, 5.74) is 5.56. The molecule has 210 valence electrons. The van der Waals surface area contributed by atoms with Crippen LogP contribution in [0.3, 0.4) is 0 Å². The van der Waals surface area contributed by atoms with Gasteiger partial charge in [-0.2, -0.15) is 5.10 Å². The number of nitrogens with zero attached hydrogens (tertiary/aromatic N) is 4. The zero-order valence-electron chi connectivity index (χ0n) is 23.8. The highest BCUT2D eigenvalue weighted by atomic mass is 16.5. The molecule has 0 amide bonds. The Morgan fingerprint density at radius 1 is 0.659 bits per heavy atom. The van der Waals surface area contributed by atoms with Crippen molar-refractivity contribution in [2.75, 3.05) is 44.2 Å². The third-order valence-electron chi connectivity index (χ3n) is 6.72. The fourth-order valence-corrected chi connectivity index (χ4v) is 4.57. The van der Waals surface area contributed by atoms with Gasteiger partial charge in [0.25, 0.3) is 0 Å². The first-order chi connectivity index (χ1) is 20.1. The molecule has 0 spiro atoms. The van der Waals surface area contributed by atoms with E-state index in [1.807, 2.05) is 73.5 Å². The SMILES string of the molecule is COc1cccc(CN(Cc2ccc(-n3cccn3)cc2)c2cccc(OCCOc3cccc(N(C)C)c3)c2)c1. The fraction of sp³-hybridized carbons (Fsp3) is 0.206. The quantitative estimate of drug-likeness (QED) is 0.154. The van der Waals surface area contributed by atoms with Crippen LogP contribution in [0.1, 0.15) is 11.1 Å². The summed E-state index contributed by atoms with van der Waals surface area (Å²) in [6.45, 7) is 2.34.